The molecule has 1 aromatic heterocycles. The Balaban J connectivity index is 1.57. The van der Waals surface area contributed by atoms with Gasteiger partial charge in [-0.15, -0.1) is 0 Å². The third-order valence-corrected chi connectivity index (χ3v) is 4.30. The monoisotopic (exact) mass is 367 g/mol. The fourth-order valence-electron chi connectivity index (χ4n) is 2.04. The molecule has 8 heteroatoms. The average molecular weight is 367 g/mol. The predicted octanol–water partition coefficient (Wildman–Crippen LogP) is 3.37. The molecule has 0 radical (unpaired) electrons. The highest BCUT2D eigenvalue weighted by Crippen LogP contribution is 2.24. The van der Waals surface area contributed by atoms with Crippen LogP contribution in [0.5, 0.6) is 11.5 Å². The molecule has 1 unspecified atom stereocenters. The van der Waals surface area contributed by atoms with Crippen molar-refractivity contribution in [1.29, 1.82) is 0 Å². The normalized spacial score (nSPS) is 11.6. The first kappa shape index (κ1) is 17.7. The minimum atomic E-state index is -0.392. The molecule has 2 aromatic carbocycles. The molecule has 0 bridgehead atoms. The van der Waals surface area contributed by atoms with Crippen molar-refractivity contribution in [2.45, 2.75) is 17.3 Å². The smallest absolute Gasteiger partial charge is 0.237 e. The first-order valence-electron chi connectivity index (χ1n) is 7.85. The maximum atomic E-state index is 12.3. The standard InChI is InChI=1S/C18H17N5O2S/c1-12(26-18-21-11-20-17(19)23-18)16(24)22-13-7-9-15(10-8-13)25-14-5-3-2-4-6-14/h2-12H,1H3,(H,22,24)(H2,19,20,21,23). The summed E-state index contributed by atoms with van der Waals surface area (Å²) in [4.78, 5) is 24.0. The third-order valence-electron chi connectivity index (χ3n) is 3.32. The summed E-state index contributed by atoms with van der Waals surface area (Å²) >= 11 is 1.21. The Labute approximate surface area is 155 Å². The lowest BCUT2D eigenvalue weighted by Gasteiger charge is -2.12. The van der Waals surface area contributed by atoms with Gasteiger partial charge in [-0.1, -0.05) is 30.0 Å². The summed E-state index contributed by atoms with van der Waals surface area (Å²) < 4.78 is 5.72. The van der Waals surface area contributed by atoms with Crippen molar-refractivity contribution in [3.8, 4) is 11.5 Å². The van der Waals surface area contributed by atoms with Crippen LogP contribution in [0.25, 0.3) is 0 Å². The fourth-order valence-corrected chi connectivity index (χ4v) is 2.77. The van der Waals surface area contributed by atoms with Crippen molar-refractivity contribution in [1.82, 2.24) is 15.0 Å². The Morgan fingerprint density at radius 1 is 1.08 bits per heavy atom. The van der Waals surface area contributed by atoms with E-state index in [2.05, 4.69) is 20.3 Å². The first-order valence-corrected chi connectivity index (χ1v) is 8.73. The zero-order valence-electron chi connectivity index (χ0n) is 14.0. The number of carbonyl (C=O) groups is 1. The van der Waals surface area contributed by atoms with Gasteiger partial charge in [-0.3, -0.25) is 4.79 Å². The highest BCUT2D eigenvalue weighted by Gasteiger charge is 2.16. The number of nitrogen functional groups attached to an aromatic ring is 1. The molecule has 0 saturated carbocycles. The van der Waals surface area contributed by atoms with Gasteiger partial charge in [0.2, 0.25) is 11.9 Å². The molecule has 0 saturated heterocycles. The van der Waals surface area contributed by atoms with Gasteiger partial charge in [0.05, 0.1) is 5.25 Å². The summed E-state index contributed by atoms with van der Waals surface area (Å²) in [5.41, 5.74) is 6.19. The maximum absolute atomic E-state index is 12.3. The number of nitrogens with zero attached hydrogens (tertiary/aromatic N) is 3. The summed E-state index contributed by atoms with van der Waals surface area (Å²) in [7, 11) is 0. The van der Waals surface area contributed by atoms with E-state index in [-0.39, 0.29) is 11.9 Å². The lowest BCUT2D eigenvalue weighted by molar-refractivity contribution is -0.115. The molecule has 3 rings (SSSR count). The number of carbonyl (C=O) groups excluding carboxylic acids is 1. The molecule has 1 amide bonds. The molecule has 1 heterocycles. The second-order valence-corrected chi connectivity index (χ2v) is 6.62. The molecule has 3 aromatic rings. The summed E-state index contributed by atoms with van der Waals surface area (Å²) in [6.45, 7) is 1.77. The lowest BCUT2D eigenvalue weighted by atomic mass is 10.3. The van der Waals surface area contributed by atoms with E-state index >= 15 is 0 Å². The molecular weight excluding hydrogens is 350 g/mol. The van der Waals surface area contributed by atoms with Crippen LogP contribution in [0.3, 0.4) is 0 Å². The summed E-state index contributed by atoms with van der Waals surface area (Å²) in [5.74, 6) is 1.41. The van der Waals surface area contributed by atoms with Crippen LogP contribution in [0.1, 0.15) is 6.92 Å². The SMILES string of the molecule is CC(Sc1ncnc(N)n1)C(=O)Nc1ccc(Oc2ccccc2)cc1. The molecule has 0 fully saturated rings. The number of aromatic nitrogens is 3. The summed E-state index contributed by atoms with van der Waals surface area (Å²) in [5, 5.41) is 2.87. The number of benzene rings is 2. The number of nitrogens with one attached hydrogen (secondary N) is 1. The van der Waals surface area contributed by atoms with Crippen LogP contribution in [-0.4, -0.2) is 26.1 Å². The number of anilines is 2. The van der Waals surface area contributed by atoms with Crippen LogP contribution < -0.4 is 15.8 Å². The lowest BCUT2D eigenvalue weighted by Crippen LogP contribution is -2.22. The van der Waals surface area contributed by atoms with Crippen LogP contribution in [0.15, 0.2) is 66.1 Å². The summed E-state index contributed by atoms with van der Waals surface area (Å²) in [6.07, 6.45) is 1.32. The van der Waals surface area contributed by atoms with Crippen molar-refractivity contribution in [3.63, 3.8) is 0 Å². The van der Waals surface area contributed by atoms with Gasteiger partial charge in [0, 0.05) is 5.69 Å². The highest BCUT2D eigenvalue weighted by atomic mass is 32.2. The van der Waals surface area contributed by atoms with E-state index in [4.69, 9.17) is 10.5 Å². The van der Waals surface area contributed by atoms with Gasteiger partial charge in [0.25, 0.3) is 0 Å². The first-order chi connectivity index (χ1) is 12.6. The molecule has 0 spiro atoms. The van der Waals surface area contributed by atoms with E-state index in [0.29, 0.717) is 16.6 Å². The number of rotatable bonds is 6. The van der Waals surface area contributed by atoms with Crippen LogP contribution >= 0.6 is 11.8 Å². The topological polar surface area (TPSA) is 103 Å². The highest BCUT2D eigenvalue weighted by molar-refractivity contribution is 8.00. The Bertz CT molecular complexity index is 874. The van der Waals surface area contributed by atoms with Crippen molar-refractivity contribution in [2.75, 3.05) is 11.1 Å². The van der Waals surface area contributed by atoms with E-state index in [0.717, 1.165) is 5.75 Å². The molecular formula is C18H17N5O2S. The van der Waals surface area contributed by atoms with Gasteiger partial charge in [0.1, 0.15) is 17.8 Å². The van der Waals surface area contributed by atoms with Crippen molar-refractivity contribution in [3.05, 3.63) is 60.9 Å². The minimum Gasteiger partial charge on any atom is -0.457 e. The van der Waals surface area contributed by atoms with Gasteiger partial charge in [-0.2, -0.15) is 4.98 Å². The largest absolute Gasteiger partial charge is 0.457 e. The van der Waals surface area contributed by atoms with Crippen molar-refractivity contribution < 1.29 is 9.53 Å². The number of ether oxygens (including phenoxy) is 1. The molecule has 0 aliphatic carbocycles. The maximum Gasteiger partial charge on any atom is 0.237 e. The Kier molecular flexibility index (Phi) is 5.65. The van der Waals surface area contributed by atoms with Crippen LogP contribution in [0.2, 0.25) is 0 Å². The Morgan fingerprint density at radius 3 is 2.46 bits per heavy atom. The number of amides is 1. The molecule has 132 valence electrons. The van der Waals surface area contributed by atoms with E-state index in [1.54, 1.807) is 31.2 Å². The Hall–Kier alpha value is -3.13. The Morgan fingerprint density at radius 2 is 1.77 bits per heavy atom. The number of nitrogens with two attached hydrogens (primary N) is 1. The molecule has 1 atom stereocenters. The number of hydrogen-bond acceptors (Lipinski definition) is 7. The van der Waals surface area contributed by atoms with E-state index in [9.17, 15) is 4.79 Å². The number of thioether (sulfide) groups is 1. The summed E-state index contributed by atoms with van der Waals surface area (Å²) in [6, 6.07) is 16.7. The minimum absolute atomic E-state index is 0.129. The van der Waals surface area contributed by atoms with Crippen LogP contribution in [0.4, 0.5) is 11.6 Å². The van der Waals surface area contributed by atoms with Crippen molar-refractivity contribution in [2.24, 2.45) is 0 Å². The predicted molar refractivity (Wildman–Crippen MR) is 101 cm³/mol. The van der Waals surface area contributed by atoms with Crippen LogP contribution in [-0.2, 0) is 4.79 Å². The number of para-hydroxylation sites is 1. The second kappa shape index (κ2) is 8.30. The quantitative estimate of drug-likeness (QED) is 0.644. The number of hydrogen-bond donors (Lipinski definition) is 2. The van der Waals surface area contributed by atoms with E-state index in [1.807, 2.05) is 30.3 Å². The molecule has 0 aliphatic heterocycles. The van der Waals surface area contributed by atoms with Gasteiger partial charge in [-0.25, -0.2) is 9.97 Å². The van der Waals surface area contributed by atoms with Gasteiger partial charge in [-0.05, 0) is 43.3 Å². The van der Waals surface area contributed by atoms with E-state index < -0.39 is 5.25 Å². The molecule has 26 heavy (non-hydrogen) atoms. The third kappa shape index (κ3) is 4.93. The van der Waals surface area contributed by atoms with Gasteiger partial charge in [0.15, 0.2) is 5.16 Å². The van der Waals surface area contributed by atoms with E-state index in [1.165, 1.54) is 18.1 Å². The zero-order chi connectivity index (χ0) is 18.4. The molecule has 3 N–H and O–H groups in total. The van der Waals surface area contributed by atoms with Gasteiger partial charge >= 0.3 is 0 Å². The van der Waals surface area contributed by atoms with Crippen LogP contribution in [0, 0.1) is 0 Å². The fraction of sp³-hybridized carbons (Fsp3) is 0.111. The average Bonchev–Trinajstić information content (AvgIpc) is 2.64. The molecule has 0 aliphatic rings. The second-order valence-electron chi connectivity index (χ2n) is 5.32. The zero-order valence-corrected chi connectivity index (χ0v) is 14.8. The van der Waals surface area contributed by atoms with Gasteiger partial charge < -0.3 is 15.8 Å². The van der Waals surface area contributed by atoms with Crippen molar-refractivity contribution >= 4 is 29.3 Å². The molecule has 7 nitrogen and oxygen atoms in total.